The molecule has 0 radical (unpaired) electrons. The van der Waals surface area contributed by atoms with E-state index < -0.39 is 0 Å². The van der Waals surface area contributed by atoms with E-state index in [1.54, 1.807) is 7.11 Å². The van der Waals surface area contributed by atoms with Crippen molar-refractivity contribution in [2.75, 3.05) is 13.7 Å². The van der Waals surface area contributed by atoms with Crippen molar-refractivity contribution in [2.24, 2.45) is 0 Å². The van der Waals surface area contributed by atoms with Gasteiger partial charge < -0.3 is 10.5 Å². The van der Waals surface area contributed by atoms with E-state index in [9.17, 15) is 0 Å². The fraction of sp³-hybridized carbons (Fsp3) is 0.250. The molecule has 0 aromatic heterocycles. The van der Waals surface area contributed by atoms with Crippen LogP contribution in [-0.2, 0) is 0 Å². The second-order valence-electron chi connectivity index (χ2n) is 4.38. The lowest BCUT2D eigenvalue weighted by molar-refractivity contribution is -0.368. The van der Waals surface area contributed by atoms with Gasteiger partial charge in [-0.05, 0) is 23.3 Å². The standard InChI is InChI=1S/C16H19NO/c1-18-15-9-7-14(8-10-15)16(11-12-17)13-5-3-2-4-6-13/h2-10,16H,11-12,17H2,1H3/p+1/t16-/m1/s1. The number of methoxy groups -OCH3 is 1. The van der Waals surface area contributed by atoms with Crippen LogP contribution in [0.1, 0.15) is 23.5 Å². The van der Waals surface area contributed by atoms with Gasteiger partial charge in [-0.3, -0.25) is 0 Å². The lowest BCUT2D eigenvalue weighted by atomic mass is 9.88. The van der Waals surface area contributed by atoms with E-state index in [1.165, 1.54) is 11.1 Å². The van der Waals surface area contributed by atoms with Gasteiger partial charge in [0, 0.05) is 12.3 Å². The molecule has 18 heavy (non-hydrogen) atoms. The van der Waals surface area contributed by atoms with Crippen molar-refractivity contribution >= 4 is 0 Å². The van der Waals surface area contributed by atoms with E-state index in [-0.39, 0.29) is 0 Å². The third-order valence-electron chi connectivity index (χ3n) is 3.21. The number of hydrogen-bond acceptors (Lipinski definition) is 1. The van der Waals surface area contributed by atoms with Crippen LogP contribution in [0, 0.1) is 0 Å². The van der Waals surface area contributed by atoms with Crippen LogP contribution in [0.25, 0.3) is 0 Å². The summed E-state index contributed by atoms with van der Waals surface area (Å²) in [6, 6.07) is 18.9. The largest absolute Gasteiger partial charge is 0.497 e. The van der Waals surface area contributed by atoms with Gasteiger partial charge >= 0.3 is 0 Å². The smallest absolute Gasteiger partial charge is 0.118 e. The van der Waals surface area contributed by atoms with E-state index in [2.05, 4.69) is 48.2 Å². The maximum Gasteiger partial charge on any atom is 0.118 e. The fourth-order valence-corrected chi connectivity index (χ4v) is 2.25. The van der Waals surface area contributed by atoms with Gasteiger partial charge in [-0.25, -0.2) is 0 Å². The Morgan fingerprint density at radius 3 is 2.11 bits per heavy atom. The second kappa shape index (κ2) is 6.22. The SMILES string of the molecule is COc1ccc([C@H](CC[NH3+])c2ccccc2)cc1. The number of quaternary nitrogens is 1. The Labute approximate surface area is 108 Å². The summed E-state index contributed by atoms with van der Waals surface area (Å²) in [4.78, 5) is 0. The molecule has 0 aliphatic carbocycles. The molecule has 0 unspecified atom stereocenters. The predicted molar refractivity (Wildman–Crippen MR) is 73.7 cm³/mol. The molecule has 2 heteroatoms. The maximum atomic E-state index is 5.20. The number of rotatable bonds is 5. The molecule has 3 N–H and O–H groups in total. The Kier molecular flexibility index (Phi) is 4.37. The van der Waals surface area contributed by atoms with Gasteiger partial charge in [0.25, 0.3) is 0 Å². The van der Waals surface area contributed by atoms with Gasteiger partial charge in [-0.2, -0.15) is 0 Å². The van der Waals surface area contributed by atoms with E-state index >= 15 is 0 Å². The highest BCUT2D eigenvalue weighted by Gasteiger charge is 2.13. The van der Waals surface area contributed by atoms with Crippen LogP contribution >= 0.6 is 0 Å². The van der Waals surface area contributed by atoms with Crippen LogP contribution in [0.2, 0.25) is 0 Å². The third-order valence-corrected chi connectivity index (χ3v) is 3.21. The first kappa shape index (κ1) is 12.7. The zero-order valence-corrected chi connectivity index (χ0v) is 10.8. The van der Waals surface area contributed by atoms with Crippen molar-refractivity contribution in [3.8, 4) is 5.75 Å². The minimum absolute atomic E-state index is 0.426. The molecule has 0 amide bonds. The van der Waals surface area contributed by atoms with Gasteiger partial charge in [0.2, 0.25) is 0 Å². The van der Waals surface area contributed by atoms with Crippen molar-refractivity contribution in [3.63, 3.8) is 0 Å². The van der Waals surface area contributed by atoms with Gasteiger partial charge in [0.1, 0.15) is 5.75 Å². The molecule has 0 heterocycles. The highest BCUT2D eigenvalue weighted by Crippen LogP contribution is 2.28. The number of hydrogen-bond donors (Lipinski definition) is 1. The molecular formula is C16H20NO+. The van der Waals surface area contributed by atoms with Crippen LogP contribution in [0.4, 0.5) is 0 Å². The first-order chi connectivity index (χ1) is 8.85. The second-order valence-corrected chi connectivity index (χ2v) is 4.38. The molecular weight excluding hydrogens is 222 g/mol. The molecule has 0 aliphatic rings. The summed E-state index contributed by atoms with van der Waals surface area (Å²) < 4.78 is 5.20. The monoisotopic (exact) mass is 242 g/mol. The highest BCUT2D eigenvalue weighted by molar-refractivity contribution is 5.35. The Morgan fingerprint density at radius 1 is 0.944 bits per heavy atom. The Balaban J connectivity index is 2.29. The Bertz CT molecular complexity index is 464. The van der Waals surface area contributed by atoms with Crippen LogP contribution in [0.3, 0.4) is 0 Å². The van der Waals surface area contributed by atoms with Gasteiger partial charge in [0.05, 0.1) is 13.7 Å². The van der Waals surface area contributed by atoms with Crippen molar-refractivity contribution in [1.82, 2.24) is 0 Å². The van der Waals surface area contributed by atoms with Crippen LogP contribution in [0.5, 0.6) is 5.75 Å². The predicted octanol–water partition coefficient (Wildman–Crippen LogP) is 2.46. The fourth-order valence-electron chi connectivity index (χ4n) is 2.25. The lowest BCUT2D eigenvalue weighted by Gasteiger charge is -2.16. The molecule has 0 spiro atoms. The van der Waals surface area contributed by atoms with Crippen molar-refractivity contribution < 1.29 is 10.5 Å². The van der Waals surface area contributed by atoms with E-state index in [4.69, 9.17) is 4.74 Å². The van der Waals surface area contributed by atoms with Gasteiger partial charge in [-0.1, -0.05) is 42.5 Å². The summed E-state index contributed by atoms with van der Waals surface area (Å²) in [5.74, 6) is 1.33. The summed E-state index contributed by atoms with van der Waals surface area (Å²) in [5, 5.41) is 0. The summed E-state index contributed by atoms with van der Waals surface area (Å²) in [6.07, 6.45) is 1.07. The normalized spacial score (nSPS) is 12.1. The minimum atomic E-state index is 0.426. The first-order valence-electron chi connectivity index (χ1n) is 6.33. The summed E-state index contributed by atoms with van der Waals surface area (Å²) in [6.45, 7) is 0.936. The molecule has 2 rings (SSSR count). The molecule has 2 nitrogen and oxygen atoms in total. The minimum Gasteiger partial charge on any atom is -0.497 e. The van der Waals surface area contributed by atoms with Crippen LogP contribution in [0.15, 0.2) is 54.6 Å². The zero-order valence-electron chi connectivity index (χ0n) is 10.8. The molecule has 2 aromatic carbocycles. The molecule has 0 saturated heterocycles. The Morgan fingerprint density at radius 2 is 1.56 bits per heavy atom. The van der Waals surface area contributed by atoms with Gasteiger partial charge in [-0.15, -0.1) is 0 Å². The molecule has 1 atom stereocenters. The average molecular weight is 242 g/mol. The van der Waals surface area contributed by atoms with Gasteiger partial charge in [0.15, 0.2) is 0 Å². The summed E-state index contributed by atoms with van der Waals surface area (Å²) in [7, 11) is 1.69. The van der Waals surface area contributed by atoms with Crippen molar-refractivity contribution in [1.29, 1.82) is 0 Å². The topological polar surface area (TPSA) is 36.9 Å². The summed E-state index contributed by atoms with van der Waals surface area (Å²) in [5.41, 5.74) is 6.66. The highest BCUT2D eigenvalue weighted by atomic mass is 16.5. The molecule has 94 valence electrons. The molecule has 0 fully saturated rings. The maximum absolute atomic E-state index is 5.20. The van der Waals surface area contributed by atoms with E-state index in [0.29, 0.717) is 5.92 Å². The molecule has 0 saturated carbocycles. The van der Waals surface area contributed by atoms with Crippen LogP contribution < -0.4 is 10.5 Å². The third kappa shape index (κ3) is 2.90. The van der Waals surface area contributed by atoms with E-state index in [1.807, 2.05) is 12.1 Å². The van der Waals surface area contributed by atoms with E-state index in [0.717, 1.165) is 18.7 Å². The number of ether oxygens (including phenoxy) is 1. The zero-order chi connectivity index (χ0) is 12.8. The molecule has 0 aliphatic heterocycles. The summed E-state index contributed by atoms with van der Waals surface area (Å²) >= 11 is 0. The average Bonchev–Trinajstić information content (AvgIpc) is 2.46. The quantitative estimate of drug-likeness (QED) is 0.859. The first-order valence-corrected chi connectivity index (χ1v) is 6.33. The lowest BCUT2D eigenvalue weighted by Crippen LogP contribution is -2.50. The number of benzene rings is 2. The molecule has 2 aromatic rings. The Hall–Kier alpha value is -1.80. The van der Waals surface area contributed by atoms with Crippen molar-refractivity contribution in [3.05, 3.63) is 65.7 Å². The molecule has 0 bridgehead atoms. The van der Waals surface area contributed by atoms with Crippen molar-refractivity contribution in [2.45, 2.75) is 12.3 Å². The van der Waals surface area contributed by atoms with Crippen LogP contribution in [-0.4, -0.2) is 13.7 Å².